The molecule has 0 aromatic carbocycles. The Morgan fingerprint density at radius 1 is 1.50 bits per heavy atom. The maximum absolute atomic E-state index is 12.0. The fourth-order valence-electron chi connectivity index (χ4n) is 2.24. The van der Waals surface area contributed by atoms with E-state index in [-0.39, 0.29) is 11.4 Å². The highest BCUT2D eigenvalue weighted by Gasteiger charge is 2.39. The second-order valence-corrected chi connectivity index (χ2v) is 5.81. The van der Waals surface area contributed by atoms with Crippen LogP contribution in [0.25, 0.3) is 0 Å². The average Bonchev–Trinajstić information content (AvgIpc) is 2.26. The topological polar surface area (TPSA) is 45.2 Å². The number of pyridine rings is 1. The Balaban J connectivity index is 1.96. The van der Waals surface area contributed by atoms with Gasteiger partial charge in [0.15, 0.2) is 0 Å². The summed E-state index contributed by atoms with van der Waals surface area (Å²) in [4.78, 5) is 18.4. The number of hydrogen-bond acceptors (Lipinski definition) is 3. The van der Waals surface area contributed by atoms with Crippen molar-refractivity contribution in [2.24, 2.45) is 0 Å². The fraction of sp³-hybridized carbons (Fsp3) is 0.538. The van der Waals surface area contributed by atoms with Crippen LogP contribution >= 0.6 is 15.9 Å². The van der Waals surface area contributed by atoms with Crippen molar-refractivity contribution in [3.05, 3.63) is 28.5 Å². The lowest BCUT2D eigenvalue weighted by atomic mass is 9.75. The van der Waals surface area contributed by atoms with Gasteiger partial charge < -0.3 is 10.2 Å². The molecule has 1 fully saturated rings. The van der Waals surface area contributed by atoms with E-state index < -0.39 is 0 Å². The van der Waals surface area contributed by atoms with Crippen LogP contribution in [0.2, 0.25) is 0 Å². The van der Waals surface area contributed by atoms with Crippen molar-refractivity contribution in [3.63, 3.8) is 0 Å². The lowest BCUT2D eigenvalue weighted by molar-refractivity contribution is 0.0556. The summed E-state index contributed by atoms with van der Waals surface area (Å²) in [5, 5.41) is 2.99. The van der Waals surface area contributed by atoms with E-state index in [1.54, 1.807) is 6.07 Å². The molecule has 1 N–H and O–H groups in total. The third kappa shape index (κ3) is 2.72. The van der Waals surface area contributed by atoms with E-state index in [0.29, 0.717) is 16.8 Å². The van der Waals surface area contributed by atoms with Gasteiger partial charge in [0.25, 0.3) is 5.91 Å². The summed E-state index contributed by atoms with van der Waals surface area (Å²) in [6, 6.07) is 5.35. The van der Waals surface area contributed by atoms with Crippen LogP contribution in [-0.2, 0) is 0 Å². The summed E-state index contributed by atoms with van der Waals surface area (Å²) in [6.45, 7) is 0.688. The zero-order chi connectivity index (χ0) is 13.2. The van der Waals surface area contributed by atoms with Crippen molar-refractivity contribution >= 4 is 21.8 Å². The number of carbonyl (C=O) groups is 1. The molecule has 1 saturated carbocycles. The number of aromatic nitrogens is 1. The third-order valence-electron chi connectivity index (χ3n) is 3.76. The standard InChI is InChI=1S/C13H18BrN3O/c1-17(2)13(7-4-8-13)9-15-12(18)10-5-3-6-11(14)16-10/h3,5-6H,4,7-9H2,1-2H3,(H,15,18). The van der Waals surface area contributed by atoms with Crippen LogP contribution in [0.15, 0.2) is 22.8 Å². The molecule has 18 heavy (non-hydrogen) atoms. The first-order chi connectivity index (χ1) is 8.53. The van der Waals surface area contributed by atoms with E-state index in [1.165, 1.54) is 6.42 Å². The van der Waals surface area contributed by atoms with Crippen LogP contribution < -0.4 is 5.32 Å². The smallest absolute Gasteiger partial charge is 0.269 e. The second kappa shape index (κ2) is 5.36. The van der Waals surface area contributed by atoms with Crippen molar-refractivity contribution in [1.82, 2.24) is 15.2 Å². The van der Waals surface area contributed by atoms with Gasteiger partial charge in [-0.25, -0.2) is 4.98 Å². The molecular formula is C13H18BrN3O. The van der Waals surface area contributed by atoms with Gasteiger partial charge in [-0.2, -0.15) is 0 Å². The van der Waals surface area contributed by atoms with Gasteiger partial charge in [0.1, 0.15) is 10.3 Å². The molecule has 1 aliphatic carbocycles. The van der Waals surface area contributed by atoms with E-state index in [2.05, 4.69) is 45.2 Å². The number of carbonyl (C=O) groups excluding carboxylic acids is 1. The Morgan fingerprint density at radius 3 is 2.72 bits per heavy atom. The lowest BCUT2D eigenvalue weighted by Gasteiger charge is -2.47. The summed E-state index contributed by atoms with van der Waals surface area (Å²) in [5.74, 6) is -0.107. The number of amides is 1. The largest absolute Gasteiger partial charge is 0.349 e. The quantitative estimate of drug-likeness (QED) is 0.866. The second-order valence-electron chi connectivity index (χ2n) is 5.00. The first kappa shape index (κ1) is 13.5. The van der Waals surface area contributed by atoms with Crippen molar-refractivity contribution < 1.29 is 4.79 Å². The Bertz CT molecular complexity index is 444. The molecule has 0 spiro atoms. The molecular weight excluding hydrogens is 294 g/mol. The van der Waals surface area contributed by atoms with Gasteiger partial charge in [-0.1, -0.05) is 6.07 Å². The number of halogens is 1. The summed E-state index contributed by atoms with van der Waals surface area (Å²) in [6.07, 6.45) is 3.53. The van der Waals surface area contributed by atoms with E-state index in [0.717, 1.165) is 12.8 Å². The lowest BCUT2D eigenvalue weighted by Crippen LogP contribution is -2.57. The van der Waals surface area contributed by atoms with Crippen molar-refractivity contribution in [1.29, 1.82) is 0 Å². The molecule has 98 valence electrons. The molecule has 1 aliphatic rings. The van der Waals surface area contributed by atoms with Crippen LogP contribution in [0, 0.1) is 0 Å². The minimum atomic E-state index is -0.107. The average molecular weight is 312 g/mol. The molecule has 0 atom stereocenters. The van der Waals surface area contributed by atoms with Gasteiger partial charge >= 0.3 is 0 Å². The molecule has 0 radical (unpaired) electrons. The number of likely N-dealkylation sites (N-methyl/N-ethyl adjacent to an activating group) is 1. The van der Waals surface area contributed by atoms with Crippen LogP contribution in [-0.4, -0.2) is 42.0 Å². The number of nitrogens with one attached hydrogen (secondary N) is 1. The Hall–Kier alpha value is -0.940. The molecule has 0 bridgehead atoms. The maximum atomic E-state index is 12.0. The normalized spacial score (nSPS) is 17.3. The molecule has 0 unspecified atom stereocenters. The monoisotopic (exact) mass is 311 g/mol. The van der Waals surface area contributed by atoms with Crippen molar-refractivity contribution in [2.75, 3.05) is 20.6 Å². The van der Waals surface area contributed by atoms with Crippen LogP contribution in [0.1, 0.15) is 29.8 Å². The predicted octanol–water partition coefficient (Wildman–Crippen LogP) is 2.06. The zero-order valence-corrected chi connectivity index (χ0v) is 12.3. The highest BCUT2D eigenvalue weighted by Crippen LogP contribution is 2.35. The van der Waals surface area contributed by atoms with E-state index >= 15 is 0 Å². The van der Waals surface area contributed by atoms with Gasteiger partial charge in [-0.15, -0.1) is 0 Å². The third-order valence-corrected chi connectivity index (χ3v) is 4.20. The molecule has 1 aromatic heterocycles. The Kier molecular flexibility index (Phi) is 4.02. The molecule has 0 saturated heterocycles. The van der Waals surface area contributed by atoms with Gasteiger partial charge in [-0.05, 0) is 61.4 Å². The number of nitrogens with zero attached hydrogens (tertiary/aromatic N) is 2. The van der Waals surface area contributed by atoms with Crippen molar-refractivity contribution in [2.45, 2.75) is 24.8 Å². The summed E-state index contributed by atoms with van der Waals surface area (Å²) in [5.41, 5.74) is 0.597. The predicted molar refractivity (Wildman–Crippen MR) is 74.5 cm³/mol. The van der Waals surface area contributed by atoms with Gasteiger partial charge in [-0.3, -0.25) is 4.79 Å². The minimum absolute atomic E-state index is 0.107. The van der Waals surface area contributed by atoms with E-state index in [9.17, 15) is 4.79 Å². The van der Waals surface area contributed by atoms with Crippen LogP contribution in [0.5, 0.6) is 0 Å². The van der Waals surface area contributed by atoms with Crippen LogP contribution in [0.3, 0.4) is 0 Å². The van der Waals surface area contributed by atoms with E-state index in [4.69, 9.17) is 0 Å². The molecule has 1 amide bonds. The highest BCUT2D eigenvalue weighted by molar-refractivity contribution is 9.10. The van der Waals surface area contributed by atoms with Gasteiger partial charge in [0.05, 0.1) is 0 Å². The Morgan fingerprint density at radius 2 is 2.22 bits per heavy atom. The molecule has 4 nitrogen and oxygen atoms in total. The van der Waals surface area contributed by atoms with Crippen molar-refractivity contribution in [3.8, 4) is 0 Å². The molecule has 1 heterocycles. The summed E-state index contributed by atoms with van der Waals surface area (Å²) in [7, 11) is 4.14. The van der Waals surface area contributed by atoms with Gasteiger partial charge in [0.2, 0.25) is 0 Å². The van der Waals surface area contributed by atoms with Gasteiger partial charge in [0, 0.05) is 12.1 Å². The highest BCUT2D eigenvalue weighted by atomic mass is 79.9. The van der Waals surface area contributed by atoms with E-state index in [1.807, 2.05) is 12.1 Å². The number of rotatable bonds is 4. The zero-order valence-electron chi connectivity index (χ0n) is 10.7. The summed E-state index contributed by atoms with van der Waals surface area (Å²) < 4.78 is 0.682. The molecule has 0 aliphatic heterocycles. The molecule has 5 heteroatoms. The number of hydrogen-bond donors (Lipinski definition) is 1. The van der Waals surface area contributed by atoms with Crippen LogP contribution in [0.4, 0.5) is 0 Å². The molecule has 1 aromatic rings. The Labute approximate surface area is 116 Å². The fourth-order valence-corrected chi connectivity index (χ4v) is 2.58. The first-order valence-electron chi connectivity index (χ1n) is 6.12. The first-order valence-corrected chi connectivity index (χ1v) is 6.91. The minimum Gasteiger partial charge on any atom is -0.349 e. The molecule has 2 rings (SSSR count). The summed E-state index contributed by atoms with van der Waals surface area (Å²) >= 11 is 3.27. The SMILES string of the molecule is CN(C)C1(CNC(=O)c2cccc(Br)n2)CCC1. The maximum Gasteiger partial charge on any atom is 0.269 e.